The quantitative estimate of drug-likeness (QED) is 0.240. The van der Waals surface area contributed by atoms with E-state index in [0.717, 1.165) is 68.5 Å². The summed E-state index contributed by atoms with van der Waals surface area (Å²) in [4.78, 5) is 51.7. The van der Waals surface area contributed by atoms with E-state index in [2.05, 4.69) is 22.2 Å². The number of nitrogens with zero attached hydrogens (tertiary/aromatic N) is 4. The first kappa shape index (κ1) is 37.4. The first-order valence-corrected chi connectivity index (χ1v) is 17.0. The average Bonchev–Trinajstić information content (AvgIpc) is 3.77. The van der Waals surface area contributed by atoms with Crippen LogP contribution in [-0.4, -0.2) is 108 Å². The van der Waals surface area contributed by atoms with Gasteiger partial charge in [0.15, 0.2) is 0 Å². The second-order valence-electron chi connectivity index (χ2n) is 12.1. The van der Waals surface area contributed by atoms with Crippen LogP contribution in [0.2, 0.25) is 0 Å². The molecule has 6 rings (SSSR count). The number of piperidine rings is 2. The van der Waals surface area contributed by atoms with E-state index in [1.807, 2.05) is 32.0 Å². The van der Waals surface area contributed by atoms with Gasteiger partial charge in [0.05, 0.1) is 17.1 Å². The maximum atomic E-state index is 13.0. The summed E-state index contributed by atoms with van der Waals surface area (Å²) in [6.45, 7) is 9.23. The van der Waals surface area contributed by atoms with E-state index in [1.54, 1.807) is 11.6 Å². The van der Waals surface area contributed by atoms with E-state index >= 15 is 0 Å². The van der Waals surface area contributed by atoms with Crippen molar-refractivity contribution in [2.75, 3.05) is 47.0 Å². The second-order valence-corrected chi connectivity index (χ2v) is 12.1. The van der Waals surface area contributed by atoms with Gasteiger partial charge in [-0.25, -0.2) is 4.79 Å². The zero-order valence-electron chi connectivity index (χ0n) is 28.4. The van der Waals surface area contributed by atoms with Crippen LogP contribution in [0.25, 0.3) is 11.0 Å². The van der Waals surface area contributed by atoms with Crippen LogP contribution in [0, 0.1) is 0 Å². The van der Waals surface area contributed by atoms with Crippen molar-refractivity contribution in [2.24, 2.45) is 7.05 Å². The van der Waals surface area contributed by atoms with Crippen LogP contribution in [0.1, 0.15) is 83.2 Å². The number of aromatic nitrogens is 2. The number of imide groups is 1. The third kappa shape index (κ3) is 9.27. The van der Waals surface area contributed by atoms with E-state index < -0.39 is 11.9 Å². The van der Waals surface area contributed by atoms with Crippen LogP contribution in [-0.2, 0) is 37.3 Å². The molecule has 4 saturated heterocycles. The number of carbonyl (C=O) groups excluding carboxylic acids is 3. The first-order valence-electron chi connectivity index (χ1n) is 17.0. The van der Waals surface area contributed by atoms with Gasteiger partial charge in [0, 0.05) is 52.4 Å². The summed E-state index contributed by atoms with van der Waals surface area (Å²) in [5.41, 5.74) is 2.44. The number of aryl methyl sites for hydroxylation is 2. The van der Waals surface area contributed by atoms with Crippen LogP contribution in [0.15, 0.2) is 23.0 Å². The van der Waals surface area contributed by atoms with Gasteiger partial charge in [0.25, 0.3) is 6.47 Å². The van der Waals surface area contributed by atoms with Crippen LogP contribution < -0.4 is 11.0 Å². The molecule has 0 spiro atoms. The Morgan fingerprint density at radius 1 is 0.978 bits per heavy atom. The van der Waals surface area contributed by atoms with E-state index in [-0.39, 0.29) is 18.0 Å². The minimum Gasteiger partial charge on any atom is -0.466 e. The Balaban J connectivity index is 0.000000299. The Morgan fingerprint density at radius 2 is 1.72 bits per heavy atom. The molecule has 258 valence electrons. The number of ether oxygens (including phenoxy) is 2. The molecule has 12 heteroatoms. The lowest BCUT2D eigenvalue weighted by molar-refractivity contribution is -0.135. The zero-order valence-corrected chi connectivity index (χ0v) is 28.4. The molecule has 1 aromatic carbocycles. The fourth-order valence-electron chi connectivity index (χ4n) is 7.14. The van der Waals surface area contributed by atoms with Crippen molar-refractivity contribution in [1.29, 1.82) is 0 Å². The molecule has 3 atom stereocenters. The fraction of sp³-hybridized carbons (Fsp3) is 0.706. The number of nitrogens with one attached hydrogen (secondary N) is 1. The molecule has 0 aliphatic carbocycles. The number of amides is 2. The second kappa shape index (κ2) is 18.9. The highest BCUT2D eigenvalue weighted by molar-refractivity contribution is 6.00. The third-order valence-electron chi connectivity index (χ3n) is 9.40. The molecule has 4 aliphatic heterocycles. The molecular formula is C34H55N5O7. The van der Waals surface area contributed by atoms with Crippen molar-refractivity contribution < 1.29 is 29.0 Å². The van der Waals surface area contributed by atoms with Crippen molar-refractivity contribution in [3.8, 4) is 0 Å². The van der Waals surface area contributed by atoms with Crippen molar-refractivity contribution in [1.82, 2.24) is 24.3 Å². The van der Waals surface area contributed by atoms with Gasteiger partial charge in [-0.3, -0.25) is 33.7 Å². The Morgan fingerprint density at radius 3 is 2.41 bits per heavy atom. The van der Waals surface area contributed by atoms with E-state index in [9.17, 15) is 19.2 Å². The van der Waals surface area contributed by atoms with E-state index in [0.29, 0.717) is 38.3 Å². The van der Waals surface area contributed by atoms with Gasteiger partial charge in [-0.15, -0.1) is 0 Å². The summed E-state index contributed by atoms with van der Waals surface area (Å²) in [7, 11) is 4.88. The molecule has 0 bridgehead atoms. The van der Waals surface area contributed by atoms with Crippen molar-refractivity contribution in [3.63, 3.8) is 0 Å². The number of aliphatic hydroxyl groups is 1. The fourth-order valence-corrected chi connectivity index (χ4v) is 7.14. The standard InChI is InChI=1S/C22H30N4O4.C9H15NO2.C2H6.CH4O/c1-24-12-10-16(11-13-24)30-14-4-6-15-5-3-7-17-20(15)25(2)22(29)26(17)18-8-9-19(27)23-21(18)28;11-7-12-6-9-4-3-8-2-1-5-10(8)9;2*1-2/h3,5,7,16,18H,4,6,8-14H2,1-2H3,(H,23,27,28);7-9H,1-6H2;1-2H3;2H,1H3. The molecule has 4 fully saturated rings. The van der Waals surface area contributed by atoms with E-state index in [4.69, 9.17) is 14.6 Å². The summed E-state index contributed by atoms with van der Waals surface area (Å²) in [5.74, 6) is -0.687. The molecule has 0 saturated carbocycles. The molecule has 3 unspecified atom stereocenters. The number of fused-ring (bicyclic) bond motifs is 2. The zero-order chi connectivity index (χ0) is 33.6. The molecule has 2 N–H and O–H groups in total. The lowest BCUT2D eigenvalue weighted by Gasteiger charge is -2.28. The Labute approximate surface area is 273 Å². The molecular weight excluding hydrogens is 590 g/mol. The highest BCUT2D eigenvalue weighted by Crippen LogP contribution is 2.32. The van der Waals surface area contributed by atoms with Gasteiger partial charge in [0.2, 0.25) is 11.8 Å². The average molecular weight is 646 g/mol. The smallest absolute Gasteiger partial charge is 0.329 e. The lowest BCUT2D eigenvalue weighted by Crippen LogP contribution is -2.44. The predicted molar refractivity (Wildman–Crippen MR) is 178 cm³/mol. The maximum absolute atomic E-state index is 13.0. The van der Waals surface area contributed by atoms with Crippen LogP contribution in [0.5, 0.6) is 0 Å². The lowest BCUT2D eigenvalue weighted by atomic mass is 10.0. The van der Waals surface area contributed by atoms with Gasteiger partial charge >= 0.3 is 5.69 Å². The van der Waals surface area contributed by atoms with E-state index in [1.165, 1.54) is 36.8 Å². The number of aliphatic hydroxyl groups excluding tert-OH is 1. The highest BCUT2D eigenvalue weighted by Gasteiger charge is 2.36. The minimum atomic E-state index is -0.651. The number of para-hydroxylation sites is 1. The third-order valence-corrected chi connectivity index (χ3v) is 9.40. The number of imidazole rings is 1. The summed E-state index contributed by atoms with van der Waals surface area (Å²) in [5, 5.41) is 9.35. The number of benzene rings is 1. The molecule has 4 aliphatic rings. The molecule has 46 heavy (non-hydrogen) atoms. The van der Waals surface area contributed by atoms with Crippen LogP contribution in [0.3, 0.4) is 0 Å². The van der Waals surface area contributed by atoms with Crippen LogP contribution in [0.4, 0.5) is 0 Å². The number of hydrogen-bond donors (Lipinski definition) is 2. The normalized spacial score (nSPS) is 23.3. The topological polar surface area (TPSA) is 135 Å². The van der Waals surface area contributed by atoms with Crippen molar-refractivity contribution >= 4 is 29.3 Å². The summed E-state index contributed by atoms with van der Waals surface area (Å²) in [6.07, 6.45) is 9.94. The van der Waals surface area contributed by atoms with Gasteiger partial charge in [-0.05, 0) is 83.0 Å². The number of likely N-dealkylation sites (tertiary alicyclic amines) is 1. The van der Waals surface area contributed by atoms with Gasteiger partial charge in [-0.1, -0.05) is 26.0 Å². The summed E-state index contributed by atoms with van der Waals surface area (Å²) < 4.78 is 14.0. The number of carbonyl (C=O) groups is 3. The minimum absolute atomic E-state index is 0.227. The Hall–Kier alpha value is -3.06. The maximum Gasteiger partial charge on any atom is 0.329 e. The van der Waals surface area contributed by atoms with Crippen molar-refractivity contribution in [2.45, 2.75) is 102 Å². The number of rotatable bonds is 9. The summed E-state index contributed by atoms with van der Waals surface area (Å²) >= 11 is 0. The van der Waals surface area contributed by atoms with Gasteiger partial charge in [0.1, 0.15) is 12.6 Å². The Kier molecular flexibility index (Phi) is 15.4. The largest absolute Gasteiger partial charge is 0.466 e. The predicted octanol–water partition coefficient (Wildman–Crippen LogP) is 2.78. The molecule has 2 amide bonds. The highest BCUT2D eigenvalue weighted by atomic mass is 16.5. The van der Waals surface area contributed by atoms with Crippen LogP contribution >= 0.6 is 0 Å². The Bertz CT molecular complexity index is 1320. The van der Waals surface area contributed by atoms with Gasteiger partial charge < -0.3 is 19.5 Å². The molecule has 1 aromatic heterocycles. The summed E-state index contributed by atoms with van der Waals surface area (Å²) in [6, 6.07) is 6.50. The monoisotopic (exact) mass is 645 g/mol. The van der Waals surface area contributed by atoms with Crippen molar-refractivity contribution in [3.05, 3.63) is 34.2 Å². The SMILES string of the molecule is CC.CN1CCC(OCCCc2cccc3c2n(C)c(=O)n3C2CCC(=O)NC2=O)CC1.CO.O=COCC1CCC2CCCN21. The first-order chi connectivity index (χ1) is 22.4. The molecule has 12 nitrogen and oxygen atoms in total. The number of hydrogen-bond acceptors (Lipinski definition) is 9. The molecule has 2 aromatic rings. The molecule has 5 heterocycles. The molecule has 0 radical (unpaired) electrons. The van der Waals surface area contributed by atoms with Gasteiger partial charge in [-0.2, -0.15) is 0 Å².